The second-order valence-electron chi connectivity index (χ2n) is 8.26. The van der Waals surface area contributed by atoms with Crippen LogP contribution >= 0.6 is 11.3 Å². The van der Waals surface area contributed by atoms with E-state index in [9.17, 15) is 21.2 Å². The average Bonchev–Trinajstić information content (AvgIpc) is 3.37. The summed E-state index contributed by atoms with van der Waals surface area (Å²) in [6.07, 6.45) is 3.46. The van der Waals surface area contributed by atoms with Gasteiger partial charge >= 0.3 is 0 Å². The Balaban J connectivity index is 1.55. The van der Waals surface area contributed by atoms with Crippen molar-refractivity contribution >= 4 is 31.0 Å². The summed E-state index contributed by atoms with van der Waals surface area (Å²) in [6, 6.07) is 8.03. The van der Waals surface area contributed by atoms with Crippen molar-refractivity contribution in [2.24, 2.45) is 0 Å². The molecule has 0 aliphatic carbocycles. The highest BCUT2D eigenvalue weighted by atomic mass is 32.2. The molecule has 1 N–H and O–H groups in total. The number of likely N-dealkylation sites (tertiary alicyclic amines) is 1. The van der Waals surface area contributed by atoms with Crippen LogP contribution in [-0.2, 0) is 19.7 Å². The first-order chi connectivity index (χ1) is 14.8. The summed E-state index contributed by atoms with van der Waals surface area (Å²) in [5, 5.41) is 4.23. The molecular weight excluding hydrogens is 459 g/mol. The smallest absolute Gasteiger partial charge is 0.183 e. The van der Waals surface area contributed by atoms with Crippen LogP contribution in [0, 0.1) is 5.82 Å². The molecule has 10 heteroatoms. The maximum atomic E-state index is 13.3. The number of nitrogens with zero attached hydrogens (tertiary/aromatic N) is 1. The average molecular weight is 487 g/mol. The van der Waals surface area contributed by atoms with Crippen LogP contribution in [-0.4, -0.2) is 64.2 Å². The van der Waals surface area contributed by atoms with Crippen LogP contribution in [0.5, 0.6) is 0 Å². The van der Waals surface area contributed by atoms with E-state index >= 15 is 0 Å². The van der Waals surface area contributed by atoms with Crippen molar-refractivity contribution in [1.82, 2.24) is 10.2 Å². The predicted molar refractivity (Wildman–Crippen MR) is 120 cm³/mol. The van der Waals surface area contributed by atoms with Gasteiger partial charge in [0.2, 0.25) is 0 Å². The SMILES string of the molecule is O=S1(=O)C[C@H](NCC(c2cccs2)N2CCCCC2)[C@@H](S(=O)(=O)c2ccc(F)cc2)C1. The van der Waals surface area contributed by atoms with E-state index < -0.39 is 42.5 Å². The molecule has 2 saturated heterocycles. The van der Waals surface area contributed by atoms with E-state index in [1.54, 1.807) is 11.3 Å². The number of hydrogen-bond acceptors (Lipinski definition) is 7. The molecule has 0 saturated carbocycles. The minimum atomic E-state index is -3.92. The minimum absolute atomic E-state index is 0.0476. The van der Waals surface area contributed by atoms with Gasteiger partial charge in [-0.15, -0.1) is 11.3 Å². The van der Waals surface area contributed by atoms with Crippen LogP contribution in [0.25, 0.3) is 0 Å². The molecule has 0 bridgehead atoms. The maximum Gasteiger partial charge on any atom is 0.183 e. The lowest BCUT2D eigenvalue weighted by Gasteiger charge is -2.35. The monoisotopic (exact) mass is 486 g/mol. The highest BCUT2D eigenvalue weighted by molar-refractivity contribution is 7.96. The van der Waals surface area contributed by atoms with Crippen LogP contribution in [0.1, 0.15) is 30.2 Å². The zero-order valence-electron chi connectivity index (χ0n) is 17.1. The Hall–Kier alpha value is -1.33. The molecular formula is C21H27FN2O4S3. The minimum Gasteiger partial charge on any atom is -0.310 e. The van der Waals surface area contributed by atoms with Crippen LogP contribution < -0.4 is 5.32 Å². The Labute approximate surface area is 187 Å². The summed E-state index contributed by atoms with van der Waals surface area (Å²) >= 11 is 1.66. The number of benzene rings is 1. The Morgan fingerprint density at radius 1 is 1.10 bits per heavy atom. The van der Waals surface area contributed by atoms with Crippen molar-refractivity contribution in [2.45, 2.75) is 41.5 Å². The van der Waals surface area contributed by atoms with Crippen molar-refractivity contribution < 1.29 is 21.2 Å². The number of rotatable bonds is 7. The fraction of sp³-hybridized carbons (Fsp3) is 0.524. The van der Waals surface area contributed by atoms with Crippen LogP contribution in [0.2, 0.25) is 0 Å². The lowest BCUT2D eigenvalue weighted by Crippen LogP contribution is -2.47. The third-order valence-corrected chi connectivity index (χ3v) is 11.3. The molecule has 1 unspecified atom stereocenters. The van der Waals surface area contributed by atoms with E-state index in [1.165, 1.54) is 23.4 Å². The van der Waals surface area contributed by atoms with Gasteiger partial charge in [0.1, 0.15) is 5.82 Å². The van der Waals surface area contributed by atoms with E-state index in [2.05, 4.69) is 16.3 Å². The molecule has 3 heterocycles. The zero-order valence-corrected chi connectivity index (χ0v) is 19.6. The molecule has 4 rings (SSSR count). The third kappa shape index (κ3) is 5.19. The number of sulfone groups is 2. The van der Waals surface area contributed by atoms with Gasteiger partial charge < -0.3 is 5.32 Å². The molecule has 0 radical (unpaired) electrons. The largest absolute Gasteiger partial charge is 0.310 e. The summed E-state index contributed by atoms with van der Waals surface area (Å²) in [7, 11) is -7.42. The van der Waals surface area contributed by atoms with E-state index in [0.29, 0.717) is 6.54 Å². The topological polar surface area (TPSA) is 83.6 Å². The van der Waals surface area contributed by atoms with Gasteiger partial charge in [0.15, 0.2) is 19.7 Å². The molecule has 3 atom stereocenters. The predicted octanol–water partition coefficient (Wildman–Crippen LogP) is 2.64. The summed E-state index contributed by atoms with van der Waals surface area (Å²) in [5.41, 5.74) is 0. The van der Waals surface area contributed by atoms with E-state index in [4.69, 9.17) is 0 Å². The number of hydrogen-bond donors (Lipinski definition) is 1. The molecule has 2 aliphatic heterocycles. The standard InChI is InChI=1S/C21H27FN2O4S3/c22-16-6-8-17(9-7-16)31(27,28)21-15-30(25,26)14-18(21)23-13-19(20-5-4-12-29-20)24-10-2-1-3-11-24/h4-9,12,18-19,21,23H,1-3,10-11,13-15H2/t18-,19?,21-/m0/s1. The quantitative estimate of drug-likeness (QED) is 0.606. The first-order valence-corrected chi connectivity index (χ1v) is 14.7. The molecule has 2 aromatic rings. The van der Waals surface area contributed by atoms with Crippen LogP contribution in [0.4, 0.5) is 4.39 Å². The number of nitrogens with one attached hydrogen (secondary N) is 1. The van der Waals surface area contributed by atoms with Crippen LogP contribution in [0.3, 0.4) is 0 Å². The van der Waals surface area contributed by atoms with Gasteiger partial charge in [-0.25, -0.2) is 21.2 Å². The van der Waals surface area contributed by atoms with Crippen molar-refractivity contribution in [2.75, 3.05) is 31.1 Å². The second-order valence-corrected chi connectivity index (χ2v) is 13.6. The third-order valence-electron chi connectivity index (χ3n) is 6.12. The van der Waals surface area contributed by atoms with Crippen molar-refractivity contribution in [3.05, 3.63) is 52.5 Å². The lowest BCUT2D eigenvalue weighted by atomic mass is 10.1. The molecule has 0 spiro atoms. The number of thiophene rings is 1. The highest BCUT2D eigenvalue weighted by Crippen LogP contribution is 2.30. The Morgan fingerprint density at radius 2 is 1.81 bits per heavy atom. The molecule has 6 nitrogen and oxygen atoms in total. The molecule has 1 aromatic carbocycles. The van der Waals surface area contributed by atoms with Crippen molar-refractivity contribution in [3.63, 3.8) is 0 Å². The lowest BCUT2D eigenvalue weighted by molar-refractivity contribution is 0.160. The number of halogens is 1. The molecule has 0 amide bonds. The summed E-state index contributed by atoms with van der Waals surface area (Å²) in [4.78, 5) is 3.54. The first kappa shape index (κ1) is 22.8. The van der Waals surface area contributed by atoms with Crippen LogP contribution in [0.15, 0.2) is 46.7 Å². The normalized spacial score (nSPS) is 25.5. The highest BCUT2D eigenvalue weighted by Gasteiger charge is 2.46. The molecule has 2 aliphatic rings. The van der Waals surface area contributed by atoms with E-state index in [0.717, 1.165) is 38.1 Å². The van der Waals surface area contributed by atoms with Crippen molar-refractivity contribution in [1.29, 1.82) is 0 Å². The summed E-state index contributed by atoms with van der Waals surface area (Å²) in [5.74, 6) is -1.17. The van der Waals surface area contributed by atoms with Crippen molar-refractivity contribution in [3.8, 4) is 0 Å². The van der Waals surface area contributed by atoms with E-state index in [-0.39, 0.29) is 16.7 Å². The molecule has 170 valence electrons. The molecule has 1 aromatic heterocycles. The second kappa shape index (κ2) is 9.27. The Kier molecular flexibility index (Phi) is 6.83. The van der Waals surface area contributed by atoms with E-state index in [1.807, 2.05) is 11.4 Å². The Bertz CT molecular complexity index is 1080. The van der Waals surface area contributed by atoms with Gasteiger partial charge in [-0.1, -0.05) is 12.5 Å². The van der Waals surface area contributed by atoms with Gasteiger partial charge in [0, 0.05) is 17.5 Å². The summed E-state index contributed by atoms with van der Waals surface area (Å²) < 4.78 is 64.4. The van der Waals surface area contributed by atoms with Gasteiger partial charge in [0.05, 0.1) is 27.7 Å². The number of piperidine rings is 1. The maximum absolute atomic E-state index is 13.3. The zero-order chi connectivity index (χ0) is 22.1. The molecule has 2 fully saturated rings. The van der Waals surface area contributed by atoms with Gasteiger partial charge in [-0.3, -0.25) is 4.90 Å². The fourth-order valence-corrected chi connectivity index (χ4v) is 10.1. The Morgan fingerprint density at radius 3 is 2.45 bits per heavy atom. The van der Waals surface area contributed by atoms with Gasteiger partial charge in [0.25, 0.3) is 0 Å². The summed E-state index contributed by atoms with van der Waals surface area (Å²) in [6.45, 7) is 2.44. The fourth-order valence-electron chi connectivity index (χ4n) is 4.49. The molecule has 31 heavy (non-hydrogen) atoms. The van der Waals surface area contributed by atoms with Gasteiger partial charge in [-0.2, -0.15) is 0 Å². The van der Waals surface area contributed by atoms with Gasteiger partial charge in [-0.05, 0) is 61.6 Å². The first-order valence-electron chi connectivity index (χ1n) is 10.5.